The number of amides is 1. The molecule has 0 N–H and O–H groups in total. The molecule has 3 heterocycles. The molecular weight excluding hydrogens is 306 g/mol. The predicted octanol–water partition coefficient (Wildman–Crippen LogP) is 2.01. The molecule has 1 amide bonds. The van der Waals surface area contributed by atoms with Gasteiger partial charge < -0.3 is 14.2 Å². The van der Waals surface area contributed by atoms with Gasteiger partial charge in [0, 0.05) is 32.2 Å². The van der Waals surface area contributed by atoms with Crippen LogP contribution in [0.15, 0.2) is 28.8 Å². The number of carbonyl (C=O) groups is 1. The van der Waals surface area contributed by atoms with Crippen LogP contribution in [-0.2, 0) is 6.54 Å². The van der Waals surface area contributed by atoms with E-state index < -0.39 is 0 Å². The first-order valence-electron chi connectivity index (χ1n) is 8.21. The number of hydrogen-bond acceptors (Lipinski definition) is 5. The number of aromatic nitrogens is 1. The zero-order valence-electron chi connectivity index (χ0n) is 14.2. The van der Waals surface area contributed by atoms with Gasteiger partial charge in [-0.05, 0) is 26.0 Å². The van der Waals surface area contributed by atoms with Crippen LogP contribution in [0.25, 0.3) is 0 Å². The first-order chi connectivity index (χ1) is 11.5. The lowest BCUT2D eigenvalue weighted by Crippen LogP contribution is -2.44. The molecule has 2 aromatic rings. The van der Waals surface area contributed by atoms with Gasteiger partial charge in [0.1, 0.15) is 17.6 Å². The Morgan fingerprint density at radius 2 is 2.04 bits per heavy atom. The van der Waals surface area contributed by atoms with E-state index in [0.29, 0.717) is 11.3 Å². The number of hydrogen-bond donors (Lipinski definition) is 0. The number of ether oxygens (including phenoxy) is 1. The van der Waals surface area contributed by atoms with Crippen molar-refractivity contribution in [3.8, 4) is 5.75 Å². The number of para-hydroxylation sites is 1. The third kappa shape index (κ3) is 2.38. The second-order valence-electron chi connectivity index (χ2n) is 6.63. The molecule has 2 atom stereocenters. The summed E-state index contributed by atoms with van der Waals surface area (Å²) in [7, 11) is 1.87. The zero-order chi connectivity index (χ0) is 16.8. The average Bonchev–Trinajstić information content (AvgIpc) is 3.09. The molecular formula is C18H21N3O3. The fourth-order valence-electron chi connectivity index (χ4n) is 3.65. The van der Waals surface area contributed by atoms with E-state index in [0.717, 1.165) is 36.7 Å². The summed E-state index contributed by atoms with van der Waals surface area (Å²) < 4.78 is 11.4. The quantitative estimate of drug-likeness (QED) is 0.844. The van der Waals surface area contributed by atoms with Gasteiger partial charge in [-0.1, -0.05) is 17.3 Å². The maximum atomic E-state index is 12.7. The minimum Gasteiger partial charge on any atom is -0.486 e. The van der Waals surface area contributed by atoms with E-state index in [-0.39, 0.29) is 18.1 Å². The smallest absolute Gasteiger partial charge is 0.257 e. The average molecular weight is 327 g/mol. The van der Waals surface area contributed by atoms with E-state index in [9.17, 15) is 4.79 Å². The molecule has 126 valence electrons. The van der Waals surface area contributed by atoms with E-state index in [2.05, 4.69) is 10.1 Å². The topological polar surface area (TPSA) is 58.8 Å². The standard InChI is InChI=1S/C18H21N3O3/c1-11-14(12(2)24-19-11)8-21-9-15-17(10-21)23-16-7-5-4-6-13(16)18(22)20(15)3/h4-7,15,17H,8-10H2,1-3H3/t15-,17+/m1/s1. The van der Waals surface area contributed by atoms with E-state index in [1.54, 1.807) is 0 Å². The lowest BCUT2D eigenvalue weighted by molar-refractivity contribution is 0.0682. The van der Waals surface area contributed by atoms with Crippen molar-refractivity contribution in [1.82, 2.24) is 15.0 Å². The third-order valence-corrected chi connectivity index (χ3v) is 5.09. The van der Waals surface area contributed by atoms with Crippen molar-refractivity contribution < 1.29 is 14.1 Å². The molecule has 2 aliphatic heterocycles. The summed E-state index contributed by atoms with van der Waals surface area (Å²) >= 11 is 0. The van der Waals surface area contributed by atoms with E-state index in [1.807, 2.05) is 50.1 Å². The Morgan fingerprint density at radius 1 is 1.25 bits per heavy atom. The van der Waals surface area contributed by atoms with Gasteiger partial charge in [-0.2, -0.15) is 0 Å². The second kappa shape index (κ2) is 5.63. The van der Waals surface area contributed by atoms with E-state index in [4.69, 9.17) is 9.26 Å². The van der Waals surface area contributed by atoms with Gasteiger partial charge in [-0.25, -0.2) is 0 Å². The van der Waals surface area contributed by atoms with Crippen molar-refractivity contribution in [2.45, 2.75) is 32.5 Å². The fraction of sp³-hybridized carbons (Fsp3) is 0.444. The SMILES string of the molecule is Cc1noc(C)c1CN1C[C@@H]2Oc3ccccc3C(=O)N(C)[C@@H]2C1. The first-order valence-corrected chi connectivity index (χ1v) is 8.21. The molecule has 0 unspecified atom stereocenters. The molecule has 1 aromatic carbocycles. The predicted molar refractivity (Wildman–Crippen MR) is 88.0 cm³/mol. The van der Waals surface area contributed by atoms with Crippen molar-refractivity contribution in [3.05, 3.63) is 46.8 Å². The molecule has 2 aliphatic rings. The largest absolute Gasteiger partial charge is 0.486 e. The highest BCUT2D eigenvalue weighted by molar-refractivity contribution is 5.97. The molecule has 6 heteroatoms. The van der Waals surface area contributed by atoms with Gasteiger partial charge in [0.15, 0.2) is 0 Å². The minimum atomic E-state index is -0.0249. The summed E-state index contributed by atoms with van der Waals surface area (Å²) in [6, 6.07) is 7.53. The lowest BCUT2D eigenvalue weighted by Gasteiger charge is -2.25. The van der Waals surface area contributed by atoms with Crippen LogP contribution in [0, 0.1) is 13.8 Å². The van der Waals surface area contributed by atoms with Crippen molar-refractivity contribution in [2.75, 3.05) is 20.1 Å². The van der Waals surface area contributed by atoms with E-state index >= 15 is 0 Å². The van der Waals surface area contributed by atoms with Gasteiger partial charge in [-0.3, -0.25) is 9.69 Å². The van der Waals surface area contributed by atoms with Crippen LogP contribution in [-0.4, -0.2) is 53.1 Å². The number of carbonyl (C=O) groups excluding carboxylic acids is 1. The normalized spacial score (nSPS) is 23.6. The van der Waals surface area contributed by atoms with Crippen LogP contribution in [0.3, 0.4) is 0 Å². The number of rotatable bonds is 2. The summed E-state index contributed by atoms with van der Waals surface area (Å²) in [5, 5.41) is 4.02. The van der Waals surface area contributed by atoms with Gasteiger partial charge in [-0.15, -0.1) is 0 Å². The number of nitrogens with zero attached hydrogens (tertiary/aromatic N) is 3. The molecule has 0 radical (unpaired) electrons. The Kier molecular flexibility index (Phi) is 3.57. The Balaban J connectivity index is 1.58. The summed E-state index contributed by atoms with van der Waals surface area (Å²) in [6.45, 7) is 6.22. The zero-order valence-corrected chi connectivity index (χ0v) is 14.2. The van der Waals surface area contributed by atoms with Crippen molar-refractivity contribution in [3.63, 3.8) is 0 Å². The number of benzene rings is 1. The number of likely N-dealkylation sites (N-methyl/N-ethyl adjacent to an activating group) is 1. The number of fused-ring (bicyclic) bond motifs is 2. The van der Waals surface area contributed by atoms with Crippen molar-refractivity contribution in [2.24, 2.45) is 0 Å². The molecule has 0 spiro atoms. The molecule has 0 aliphatic carbocycles. The van der Waals surface area contributed by atoms with Gasteiger partial charge >= 0.3 is 0 Å². The van der Waals surface area contributed by atoms with Crippen LogP contribution in [0.1, 0.15) is 27.4 Å². The Bertz CT molecular complexity index is 766. The highest BCUT2D eigenvalue weighted by Crippen LogP contribution is 2.31. The molecule has 1 fully saturated rings. The molecule has 6 nitrogen and oxygen atoms in total. The van der Waals surface area contributed by atoms with Gasteiger partial charge in [0.05, 0.1) is 17.3 Å². The highest BCUT2D eigenvalue weighted by Gasteiger charge is 2.42. The van der Waals surface area contributed by atoms with Crippen LogP contribution >= 0.6 is 0 Å². The van der Waals surface area contributed by atoms with Gasteiger partial charge in [0.25, 0.3) is 5.91 Å². The first kappa shape index (κ1) is 15.2. The number of likely N-dealkylation sites (tertiary alicyclic amines) is 1. The lowest BCUT2D eigenvalue weighted by atomic mass is 10.1. The van der Waals surface area contributed by atoms with Gasteiger partial charge in [0.2, 0.25) is 0 Å². The van der Waals surface area contributed by atoms with Crippen molar-refractivity contribution in [1.29, 1.82) is 0 Å². The maximum absolute atomic E-state index is 12.7. The monoisotopic (exact) mass is 327 g/mol. The molecule has 24 heavy (non-hydrogen) atoms. The van der Waals surface area contributed by atoms with Crippen molar-refractivity contribution >= 4 is 5.91 Å². The Hall–Kier alpha value is -2.34. The molecule has 4 rings (SSSR count). The van der Waals surface area contributed by atoms with Crippen LogP contribution in [0.2, 0.25) is 0 Å². The Morgan fingerprint density at radius 3 is 2.79 bits per heavy atom. The van der Waals surface area contributed by atoms with E-state index in [1.165, 1.54) is 0 Å². The molecule has 0 saturated carbocycles. The third-order valence-electron chi connectivity index (χ3n) is 5.09. The summed E-state index contributed by atoms with van der Waals surface area (Å²) in [5.41, 5.74) is 2.70. The minimum absolute atomic E-state index is 0.0249. The molecule has 0 bridgehead atoms. The summed E-state index contributed by atoms with van der Waals surface area (Å²) in [5.74, 6) is 1.56. The Labute approximate surface area is 141 Å². The second-order valence-corrected chi connectivity index (χ2v) is 6.63. The van der Waals surface area contributed by atoms with Crippen LogP contribution < -0.4 is 4.74 Å². The molecule has 1 aromatic heterocycles. The summed E-state index contributed by atoms with van der Waals surface area (Å²) in [6.07, 6.45) is -0.0249. The summed E-state index contributed by atoms with van der Waals surface area (Å²) in [4.78, 5) is 16.8. The maximum Gasteiger partial charge on any atom is 0.257 e. The molecule has 1 saturated heterocycles. The number of aryl methyl sites for hydroxylation is 2. The fourth-order valence-corrected chi connectivity index (χ4v) is 3.65. The highest BCUT2D eigenvalue weighted by atomic mass is 16.5. The van der Waals surface area contributed by atoms with Crippen LogP contribution in [0.4, 0.5) is 0 Å². The van der Waals surface area contributed by atoms with Crippen LogP contribution in [0.5, 0.6) is 5.75 Å².